The summed E-state index contributed by atoms with van der Waals surface area (Å²) in [5.41, 5.74) is 1.80. The van der Waals surface area contributed by atoms with Crippen LogP contribution in [0.5, 0.6) is 0 Å². The van der Waals surface area contributed by atoms with Crippen LogP contribution in [0.15, 0.2) is 35.7 Å². The van der Waals surface area contributed by atoms with Gasteiger partial charge in [0.25, 0.3) is 0 Å². The van der Waals surface area contributed by atoms with Gasteiger partial charge in [0, 0.05) is 9.90 Å². The molecule has 0 aliphatic heterocycles. The molecule has 2 aromatic rings. The fourth-order valence-electron chi connectivity index (χ4n) is 1.53. The molecule has 0 aliphatic carbocycles. The second-order valence-corrected chi connectivity index (χ2v) is 4.95. The zero-order valence-corrected chi connectivity index (χ0v) is 9.85. The van der Waals surface area contributed by atoms with E-state index >= 15 is 0 Å². The van der Waals surface area contributed by atoms with E-state index in [-0.39, 0.29) is 0 Å². The maximum Gasteiger partial charge on any atom is 0.105 e. The lowest BCUT2D eigenvalue weighted by atomic mass is 10.0. The Kier molecular flexibility index (Phi) is 3.10. The average molecular weight is 239 g/mol. The molecule has 0 radical (unpaired) electrons. The van der Waals surface area contributed by atoms with Gasteiger partial charge in [-0.25, -0.2) is 0 Å². The van der Waals surface area contributed by atoms with Crippen LogP contribution in [0.1, 0.15) is 22.1 Å². The summed E-state index contributed by atoms with van der Waals surface area (Å²) in [7, 11) is 0. The molecule has 1 aromatic carbocycles. The van der Waals surface area contributed by atoms with E-state index in [0.29, 0.717) is 5.02 Å². The largest absolute Gasteiger partial charge is 0.384 e. The molecule has 2 rings (SSSR count). The van der Waals surface area contributed by atoms with Crippen LogP contribution in [0.4, 0.5) is 0 Å². The molecule has 0 fully saturated rings. The molecule has 0 amide bonds. The maximum atomic E-state index is 10.1. The Hall–Kier alpha value is -0.830. The number of aliphatic hydroxyl groups excluding tert-OH is 1. The van der Waals surface area contributed by atoms with E-state index in [1.54, 1.807) is 23.5 Å². The molecule has 1 nitrogen and oxygen atoms in total. The van der Waals surface area contributed by atoms with Crippen molar-refractivity contribution in [1.82, 2.24) is 0 Å². The molecule has 78 valence electrons. The molecule has 1 atom stereocenters. The fourth-order valence-corrected chi connectivity index (χ4v) is 2.47. The normalized spacial score (nSPS) is 12.7. The molecule has 15 heavy (non-hydrogen) atoms. The van der Waals surface area contributed by atoms with Gasteiger partial charge in [-0.1, -0.05) is 23.7 Å². The summed E-state index contributed by atoms with van der Waals surface area (Å²) in [5, 5.41) is 12.8. The molecular weight excluding hydrogens is 228 g/mol. The van der Waals surface area contributed by atoms with Crippen molar-refractivity contribution in [2.45, 2.75) is 13.0 Å². The molecule has 1 aromatic heterocycles. The minimum atomic E-state index is -0.574. The lowest BCUT2D eigenvalue weighted by molar-refractivity contribution is 0.220. The van der Waals surface area contributed by atoms with E-state index in [9.17, 15) is 5.11 Å². The van der Waals surface area contributed by atoms with Crippen molar-refractivity contribution in [2.24, 2.45) is 0 Å². The number of hydrogen-bond acceptors (Lipinski definition) is 2. The van der Waals surface area contributed by atoms with E-state index in [0.717, 1.165) is 16.0 Å². The van der Waals surface area contributed by atoms with Crippen LogP contribution >= 0.6 is 22.9 Å². The molecule has 0 spiro atoms. The zero-order valence-electron chi connectivity index (χ0n) is 8.27. The van der Waals surface area contributed by atoms with Gasteiger partial charge in [-0.2, -0.15) is 0 Å². The van der Waals surface area contributed by atoms with E-state index in [2.05, 4.69) is 0 Å². The summed E-state index contributed by atoms with van der Waals surface area (Å²) in [6.07, 6.45) is -0.574. The van der Waals surface area contributed by atoms with Crippen molar-refractivity contribution < 1.29 is 5.11 Å². The first kappa shape index (κ1) is 10.7. The number of rotatable bonds is 2. The van der Waals surface area contributed by atoms with Crippen molar-refractivity contribution >= 4 is 22.9 Å². The smallest absolute Gasteiger partial charge is 0.105 e. The van der Waals surface area contributed by atoms with Gasteiger partial charge in [0.2, 0.25) is 0 Å². The van der Waals surface area contributed by atoms with Gasteiger partial charge in [-0.3, -0.25) is 0 Å². The van der Waals surface area contributed by atoms with Gasteiger partial charge in [0.1, 0.15) is 6.10 Å². The standard InChI is InChI=1S/C12H11ClOS/c1-8-11(5-6-15-8)12(14)9-3-2-4-10(13)7-9/h2-7,12,14H,1H3. The average Bonchev–Trinajstić information content (AvgIpc) is 2.63. The SMILES string of the molecule is Cc1sccc1C(O)c1cccc(Cl)c1. The molecular formula is C12H11ClOS. The lowest BCUT2D eigenvalue weighted by Crippen LogP contribution is -1.99. The third-order valence-electron chi connectivity index (χ3n) is 2.36. The first-order valence-corrected chi connectivity index (χ1v) is 5.92. The van der Waals surface area contributed by atoms with Gasteiger partial charge in [-0.05, 0) is 41.6 Å². The van der Waals surface area contributed by atoms with Crippen molar-refractivity contribution in [3.63, 3.8) is 0 Å². The van der Waals surface area contributed by atoms with Crippen LogP contribution in [0.2, 0.25) is 5.02 Å². The maximum absolute atomic E-state index is 10.1. The van der Waals surface area contributed by atoms with Gasteiger partial charge in [-0.15, -0.1) is 11.3 Å². The first-order valence-electron chi connectivity index (χ1n) is 4.66. The Morgan fingerprint density at radius 3 is 2.73 bits per heavy atom. The van der Waals surface area contributed by atoms with E-state index in [4.69, 9.17) is 11.6 Å². The van der Waals surface area contributed by atoms with Crippen molar-refractivity contribution in [3.8, 4) is 0 Å². The van der Waals surface area contributed by atoms with Crippen molar-refractivity contribution in [2.75, 3.05) is 0 Å². The Morgan fingerprint density at radius 1 is 1.33 bits per heavy atom. The Morgan fingerprint density at radius 2 is 2.13 bits per heavy atom. The first-order chi connectivity index (χ1) is 7.18. The van der Waals surface area contributed by atoms with Crippen LogP contribution in [0, 0.1) is 6.92 Å². The third-order valence-corrected chi connectivity index (χ3v) is 3.45. The summed E-state index contributed by atoms with van der Waals surface area (Å²) in [6.45, 7) is 2.01. The third kappa shape index (κ3) is 2.23. The molecule has 0 saturated heterocycles. The van der Waals surface area contributed by atoms with Crippen LogP contribution in [-0.2, 0) is 0 Å². The fraction of sp³-hybridized carbons (Fsp3) is 0.167. The number of aliphatic hydroxyl groups is 1. The van der Waals surface area contributed by atoms with Gasteiger partial charge in [0.15, 0.2) is 0 Å². The van der Waals surface area contributed by atoms with Crippen LogP contribution in [0.3, 0.4) is 0 Å². The molecule has 1 N–H and O–H groups in total. The molecule has 1 heterocycles. The predicted octanol–water partition coefficient (Wildman–Crippen LogP) is 3.79. The minimum Gasteiger partial charge on any atom is -0.384 e. The highest BCUT2D eigenvalue weighted by molar-refractivity contribution is 7.10. The van der Waals surface area contributed by atoms with E-state index in [1.807, 2.05) is 30.5 Å². The van der Waals surface area contributed by atoms with Crippen LogP contribution in [-0.4, -0.2) is 5.11 Å². The second kappa shape index (κ2) is 4.35. The number of halogens is 1. The summed E-state index contributed by atoms with van der Waals surface area (Å²) in [4.78, 5) is 1.14. The highest BCUT2D eigenvalue weighted by atomic mass is 35.5. The van der Waals surface area contributed by atoms with Crippen LogP contribution in [0.25, 0.3) is 0 Å². The second-order valence-electron chi connectivity index (χ2n) is 3.39. The summed E-state index contributed by atoms with van der Waals surface area (Å²) < 4.78 is 0. The van der Waals surface area contributed by atoms with E-state index in [1.165, 1.54) is 0 Å². The Balaban J connectivity index is 2.36. The number of hydrogen-bond donors (Lipinski definition) is 1. The highest BCUT2D eigenvalue weighted by Crippen LogP contribution is 2.28. The van der Waals surface area contributed by atoms with Crippen molar-refractivity contribution in [3.05, 3.63) is 56.7 Å². The monoisotopic (exact) mass is 238 g/mol. The summed E-state index contributed by atoms with van der Waals surface area (Å²) in [6, 6.07) is 9.28. The minimum absolute atomic E-state index is 0.574. The lowest BCUT2D eigenvalue weighted by Gasteiger charge is -2.10. The van der Waals surface area contributed by atoms with Gasteiger partial charge >= 0.3 is 0 Å². The number of aryl methyl sites for hydroxylation is 1. The van der Waals surface area contributed by atoms with Gasteiger partial charge < -0.3 is 5.11 Å². The number of thiophene rings is 1. The topological polar surface area (TPSA) is 20.2 Å². The molecule has 1 unspecified atom stereocenters. The van der Waals surface area contributed by atoms with E-state index < -0.39 is 6.10 Å². The molecule has 0 bridgehead atoms. The zero-order chi connectivity index (χ0) is 10.8. The molecule has 3 heteroatoms. The predicted molar refractivity (Wildman–Crippen MR) is 64.6 cm³/mol. The Labute approximate surface area is 98.0 Å². The highest BCUT2D eigenvalue weighted by Gasteiger charge is 2.13. The van der Waals surface area contributed by atoms with Crippen LogP contribution < -0.4 is 0 Å². The summed E-state index contributed by atoms with van der Waals surface area (Å²) >= 11 is 7.52. The Bertz CT molecular complexity index is 464. The number of benzene rings is 1. The van der Waals surface area contributed by atoms with Crippen molar-refractivity contribution in [1.29, 1.82) is 0 Å². The summed E-state index contributed by atoms with van der Waals surface area (Å²) in [5.74, 6) is 0. The quantitative estimate of drug-likeness (QED) is 0.844. The molecule has 0 aliphatic rings. The van der Waals surface area contributed by atoms with Gasteiger partial charge in [0.05, 0.1) is 0 Å². The molecule has 0 saturated carbocycles.